The van der Waals surface area contributed by atoms with E-state index in [1.165, 1.54) is 0 Å². The van der Waals surface area contributed by atoms with Crippen molar-refractivity contribution in [3.8, 4) is 0 Å². The van der Waals surface area contributed by atoms with Gasteiger partial charge in [-0.2, -0.15) is 0 Å². The van der Waals surface area contributed by atoms with E-state index in [9.17, 15) is 9.59 Å². The number of hydrogen-bond donors (Lipinski definition) is 0. The molecular weight excluding hydrogens is 172 g/mol. The Labute approximate surface area is 73.5 Å². The maximum atomic E-state index is 11.3. The minimum absolute atomic E-state index is 0.0774. The third kappa shape index (κ3) is 0.441. The minimum atomic E-state index is -0.395. The number of carbonyl (C=O) groups excluding carboxylic acids is 2. The summed E-state index contributed by atoms with van der Waals surface area (Å²) >= 11 is 0. The summed E-state index contributed by atoms with van der Waals surface area (Å²) in [6, 6.07) is 0. The summed E-state index contributed by atoms with van der Waals surface area (Å²) in [7, 11) is 0. The van der Waals surface area contributed by atoms with E-state index in [-0.39, 0.29) is 35.4 Å². The van der Waals surface area contributed by atoms with Crippen molar-refractivity contribution >= 4 is 11.9 Å². The molecule has 2 aliphatic heterocycles. The normalized spacial score (nSPS) is 59.4. The van der Waals surface area contributed by atoms with Crippen LogP contribution in [0.1, 0.15) is 0 Å². The highest BCUT2D eigenvalue weighted by molar-refractivity contribution is 5.99. The van der Waals surface area contributed by atoms with Crippen molar-refractivity contribution in [1.82, 2.24) is 0 Å². The summed E-state index contributed by atoms with van der Waals surface area (Å²) in [5.41, 5.74) is -0.246. The van der Waals surface area contributed by atoms with Crippen LogP contribution < -0.4 is 0 Å². The fraction of sp³-hybridized carbons (Fsp3) is 0.556. The lowest BCUT2D eigenvalue weighted by atomic mass is 9.78. The molecule has 1 spiro atoms. The van der Waals surface area contributed by atoms with Gasteiger partial charge in [0.25, 0.3) is 0 Å². The monoisotopic (exact) mass is 178 g/mol. The lowest BCUT2D eigenvalue weighted by Crippen LogP contribution is -2.33. The smallest absolute Gasteiger partial charge is 0.320 e. The van der Waals surface area contributed by atoms with Gasteiger partial charge in [-0.25, -0.2) is 0 Å². The topological polar surface area (TPSA) is 55.9 Å². The highest BCUT2D eigenvalue weighted by Gasteiger charge is 2.80. The Kier molecular flexibility index (Phi) is 0.708. The largest absolute Gasteiger partial charge is 0.393 e. The van der Waals surface area contributed by atoms with Crippen LogP contribution in [0.25, 0.3) is 0 Å². The van der Waals surface area contributed by atoms with Gasteiger partial charge in [-0.1, -0.05) is 12.2 Å². The molecule has 2 aliphatic carbocycles. The molecule has 0 N–H and O–H groups in total. The number of cyclic esters (lactones) is 2. The number of hydrogen-bond acceptors (Lipinski definition) is 4. The van der Waals surface area contributed by atoms with Crippen LogP contribution in [0.15, 0.2) is 12.2 Å². The molecule has 2 saturated heterocycles. The van der Waals surface area contributed by atoms with Crippen molar-refractivity contribution in [3.63, 3.8) is 0 Å². The molecule has 2 heterocycles. The van der Waals surface area contributed by atoms with Crippen molar-refractivity contribution < 1.29 is 19.1 Å². The fourth-order valence-corrected chi connectivity index (χ4v) is 2.95. The van der Waals surface area contributed by atoms with Gasteiger partial charge in [0.2, 0.25) is 0 Å². The molecule has 0 bridgehead atoms. The summed E-state index contributed by atoms with van der Waals surface area (Å²) in [6.45, 7) is 0. The molecule has 0 aromatic heterocycles. The van der Waals surface area contributed by atoms with Gasteiger partial charge in [0.05, 0.1) is 5.92 Å². The van der Waals surface area contributed by atoms with E-state index in [1.54, 1.807) is 0 Å². The van der Waals surface area contributed by atoms with Crippen molar-refractivity contribution in [3.05, 3.63) is 12.2 Å². The zero-order valence-electron chi connectivity index (χ0n) is 6.60. The maximum absolute atomic E-state index is 11.3. The van der Waals surface area contributed by atoms with Crippen LogP contribution >= 0.6 is 0 Å². The van der Waals surface area contributed by atoms with Gasteiger partial charge < -0.3 is 9.47 Å². The van der Waals surface area contributed by atoms with Gasteiger partial charge in [0, 0.05) is 5.92 Å². The van der Waals surface area contributed by atoms with Gasteiger partial charge in [-0.05, 0) is 0 Å². The van der Waals surface area contributed by atoms with E-state index in [4.69, 9.17) is 4.74 Å². The molecule has 4 rings (SSSR count). The summed E-state index contributed by atoms with van der Waals surface area (Å²) < 4.78 is 10.0. The van der Waals surface area contributed by atoms with Gasteiger partial charge >= 0.3 is 11.9 Å². The predicted molar refractivity (Wildman–Crippen MR) is 38.3 cm³/mol. The maximum Gasteiger partial charge on any atom is 0.320 e. The first-order valence-electron chi connectivity index (χ1n) is 4.37. The highest BCUT2D eigenvalue weighted by atomic mass is 16.6. The molecule has 3 fully saturated rings. The van der Waals surface area contributed by atoms with Gasteiger partial charge in [0.15, 0.2) is 0 Å². The van der Waals surface area contributed by atoms with Gasteiger partial charge in [0.1, 0.15) is 17.6 Å². The Balaban J connectivity index is 1.88. The van der Waals surface area contributed by atoms with Gasteiger partial charge in [-0.15, -0.1) is 0 Å². The number of esters is 2. The average molecular weight is 178 g/mol. The summed E-state index contributed by atoms with van der Waals surface area (Å²) in [4.78, 5) is 22.6. The second-order valence-corrected chi connectivity index (χ2v) is 4.07. The summed E-state index contributed by atoms with van der Waals surface area (Å²) in [6.07, 6.45) is 3.83. The summed E-state index contributed by atoms with van der Waals surface area (Å²) in [5, 5.41) is 0. The average Bonchev–Trinajstić information content (AvgIpc) is 2.68. The Hall–Kier alpha value is -1.16. The molecule has 13 heavy (non-hydrogen) atoms. The second-order valence-electron chi connectivity index (χ2n) is 4.07. The third-order valence-corrected chi connectivity index (χ3v) is 3.65. The minimum Gasteiger partial charge on any atom is -0.393 e. The summed E-state index contributed by atoms with van der Waals surface area (Å²) in [5.74, 6) is -1.24. The van der Waals surface area contributed by atoms with Crippen LogP contribution in [0.3, 0.4) is 0 Å². The number of epoxide rings is 1. The molecule has 1 saturated carbocycles. The van der Waals surface area contributed by atoms with Crippen LogP contribution in [0.2, 0.25) is 0 Å². The first-order valence-corrected chi connectivity index (χ1v) is 4.37. The van der Waals surface area contributed by atoms with Crippen LogP contribution in [-0.4, -0.2) is 23.6 Å². The lowest BCUT2D eigenvalue weighted by Gasteiger charge is -2.25. The predicted octanol–water partition coefficient (Wildman–Crippen LogP) is -0.361. The first-order chi connectivity index (χ1) is 6.24. The van der Waals surface area contributed by atoms with Crippen molar-refractivity contribution in [2.24, 2.45) is 17.8 Å². The van der Waals surface area contributed by atoms with E-state index in [0.29, 0.717) is 0 Å². The molecule has 0 amide bonds. The van der Waals surface area contributed by atoms with Gasteiger partial charge in [-0.3, -0.25) is 9.59 Å². The molecule has 0 aromatic carbocycles. The van der Waals surface area contributed by atoms with E-state index in [0.717, 1.165) is 0 Å². The van der Waals surface area contributed by atoms with Crippen molar-refractivity contribution in [1.29, 1.82) is 0 Å². The molecule has 0 aromatic rings. The molecule has 3 unspecified atom stereocenters. The van der Waals surface area contributed by atoms with E-state index in [2.05, 4.69) is 4.74 Å². The molecular formula is C9H6O4. The molecule has 4 nitrogen and oxygen atoms in total. The van der Waals surface area contributed by atoms with Crippen LogP contribution in [-0.2, 0) is 19.1 Å². The van der Waals surface area contributed by atoms with E-state index < -0.39 is 5.97 Å². The Morgan fingerprint density at radius 1 is 1.23 bits per heavy atom. The highest BCUT2D eigenvalue weighted by Crippen LogP contribution is 2.66. The van der Waals surface area contributed by atoms with Crippen LogP contribution in [0.4, 0.5) is 0 Å². The number of carbonyl (C=O) groups is 2. The van der Waals surface area contributed by atoms with Crippen molar-refractivity contribution in [2.75, 3.05) is 0 Å². The zero-order valence-corrected chi connectivity index (χ0v) is 6.60. The molecule has 4 heteroatoms. The molecule has 0 radical (unpaired) electrons. The zero-order chi connectivity index (χ0) is 8.79. The first kappa shape index (κ1) is 6.32. The van der Waals surface area contributed by atoms with E-state index in [1.807, 2.05) is 12.2 Å². The lowest BCUT2D eigenvalue weighted by molar-refractivity contribution is -0.154. The fourth-order valence-electron chi connectivity index (χ4n) is 2.95. The Morgan fingerprint density at radius 2 is 2.00 bits per heavy atom. The third-order valence-electron chi connectivity index (χ3n) is 3.65. The Morgan fingerprint density at radius 3 is 2.69 bits per heavy atom. The number of ether oxygens (including phenoxy) is 2. The molecule has 5 atom stereocenters. The second kappa shape index (κ2) is 1.46. The number of rotatable bonds is 0. The quantitative estimate of drug-likeness (QED) is 0.220. The SMILES string of the molecule is O=C1OC(=O)[C@H]2C3OC34C=CC4[C@H]12. The standard InChI is InChI=1S/C9H6O4/c10-7-4-3-1-2-9(3)6(13-9)5(4)8(11)12-7/h1-6H/t3?,4-,5+,6?,9?/m0/s1. The van der Waals surface area contributed by atoms with Crippen LogP contribution in [0.5, 0.6) is 0 Å². The van der Waals surface area contributed by atoms with Crippen molar-refractivity contribution in [2.45, 2.75) is 11.7 Å². The molecule has 66 valence electrons. The number of fused-ring (bicyclic) bond motifs is 3. The van der Waals surface area contributed by atoms with Crippen LogP contribution in [0, 0.1) is 17.8 Å². The Bertz CT molecular complexity index is 385. The van der Waals surface area contributed by atoms with E-state index >= 15 is 0 Å². The molecule has 4 aliphatic rings.